The molecule has 3 N–H and O–H groups in total. The van der Waals surface area contributed by atoms with Gasteiger partial charge in [0.05, 0.1) is 23.8 Å². The monoisotopic (exact) mass is 482 g/mol. The summed E-state index contributed by atoms with van der Waals surface area (Å²) in [6, 6.07) is 9.52. The minimum absolute atomic E-state index is 0.0855. The fourth-order valence-electron chi connectivity index (χ4n) is 3.00. The summed E-state index contributed by atoms with van der Waals surface area (Å²) < 4.78 is 10.7. The van der Waals surface area contributed by atoms with Crippen LogP contribution in [0.2, 0.25) is 10.0 Å². The zero-order valence-electron chi connectivity index (χ0n) is 18.1. The van der Waals surface area contributed by atoms with E-state index in [0.717, 1.165) is 24.9 Å². The maximum absolute atomic E-state index is 12.9. The third-order valence-corrected chi connectivity index (χ3v) is 5.25. The third-order valence-electron chi connectivity index (χ3n) is 4.62. The maximum Gasteiger partial charge on any atom is 0.328 e. The van der Waals surface area contributed by atoms with Crippen LogP contribution in [-0.4, -0.2) is 49.8 Å². The van der Waals surface area contributed by atoms with E-state index < -0.39 is 23.7 Å². The number of hydrogen-bond donors (Lipinski definition) is 3. The van der Waals surface area contributed by atoms with Crippen LogP contribution in [0.1, 0.15) is 35.7 Å². The Labute approximate surface area is 198 Å². The molecule has 1 atom stereocenters. The number of amides is 1. The number of phenols is 1. The van der Waals surface area contributed by atoms with Crippen LogP contribution in [0.4, 0.5) is 0 Å². The Morgan fingerprint density at radius 1 is 1.16 bits per heavy atom. The predicted molar refractivity (Wildman–Crippen MR) is 125 cm³/mol. The second-order valence-electron chi connectivity index (χ2n) is 7.02. The Bertz CT molecular complexity index is 909. The lowest BCUT2D eigenvalue weighted by Gasteiger charge is -2.19. The number of phenolic OH excluding ortho intramolecular Hbond substituents is 1. The van der Waals surface area contributed by atoms with E-state index in [1.807, 2.05) is 37.4 Å². The first-order chi connectivity index (χ1) is 15.4. The Hall–Kier alpha value is -2.48. The molecular weight excluding hydrogens is 455 g/mol. The van der Waals surface area contributed by atoms with Gasteiger partial charge >= 0.3 is 5.97 Å². The highest BCUT2D eigenvalue weighted by atomic mass is 35.5. The van der Waals surface area contributed by atoms with E-state index in [-0.39, 0.29) is 34.4 Å². The lowest BCUT2D eigenvalue weighted by Crippen LogP contribution is -2.43. The molecule has 1 amide bonds. The molecule has 0 heterocycles. The molecule has 2 rings (SSSR count). The van der Waals surface area contributed by atoms with E-state index in [1.54, 1.807) is 6.92 Å². The van der Waals surface area contributed by atoms with Crippen LogP contribution in [-0.2, 0) is 16.0 Å². The normalized spacial score (nSPS) is 11.6. The van der Waals surface area contributed by atoms with Gasteiger partial charge in [0.15, 0.2) is 11.5 Å². The first-order valence-corrected chi connectivity index (χ1v) is 11.1. The lowest BCUT2D eigenvalue weighted by atomic mass is 10.1. The van der Waals surface area contributed by atoms with Gasteiger partial charge in [0.1, 0.15) is 11.1 Å². The number of unbranched alkanes of at least 4 members (excludes halogenated alkanes) is 1. The Morgan fingerprint density at radius 3 is 2.53 bits per heavy atom. The second kappa shape index (κ2) is 13.2. The van der Waals surface area contributed by atoms with Gasteiger partial charge in [0, 0.05) is 6.42 Å². The topological polar surface area (TPSA) is 96.9 Å². The second-order valence-corrected chi connectivity index (χ2v) is 7.81. The van der Waals surface area contributed by atoms with Crippen molar-refractivity contribution >= 4 is 35.1 Å². The zero-order chi connectivity index (χ0) is 23.5. The first kappa shape index (κ1) is 25.8. The van der Waals surface area contributed by atoms with E-state index in [9.17, 15) is 14.7 Å². The molecule has 9 heteroatoms. The molecule has 0 aliphatic rings. The van der Waals surface area contributed by atoms with Gasteiger partial charge in [-0.15, -0.1) is 0 Å². The molecule has 0 radical (unpaired) electrons. The number of hydrogen-bond acceptors (Lipinski definition) is 6. The molecule has 0 saturated heterocycles. The van der Waals surface area contributed by atoms with Gasteiger partial charge in [-0.05, 0) is 45.0 Å². The van der Waals surface area contributed by atoms with Crippen LogP contribution >= 0.6 is 23.2 Å². The molecule has 0 unspecified atom stereocenters. The van der Waals surface area contributed by atoms with E-state index in [0.29, 0.717) is 6.61 Å². The maximum atomic E-state index is 12.9. The van der Waals surface area contributed by atoms with Gasteiger partial charge in [-0.1, -0.05) is 53.5 Å². The largest absolute Gasteiger partial charge is 0.505 e. The fraction of sp³-hybridized carbons (Fsp3) is 0.391. The number of rotatable bonds is 12. The van der Waals surface area contributed by atoms with Crippen LogP contribution in [0.5, 0.6) is 11.5 Å². The SMILES string of the molecule is CCOC(=O)[C@@H](Cc1ccccc1)NC(=O)c1cc(Cl)c(OCCCCNC)c(Cl)c1O. The summed E-state index contributed by atoms with van der Waals surface area (Å²) in [6.45, 7) is 3.05. The highest BCUT2D eigenvalue weighted by Gasteiger charge is 2.27. The van der Waals surface area contributed by atoms with Gasteiger partial charge in [-0.25, -0.2) is 4.79 Å². The average Bonchev–Trinajstić information content (AvgIpc) is 2.78. The smallest absolute Gasteiger partial charge is 0.328 e. The van der Waals surface area contributed by atoms with Gasteiger partial charge in [-0.2, -0.15) is 0 Å². The van der Waals surface area contributed by atoms with Gasteiger partial charge in [0.25, 0.3) is 5.91 Å². The highest BCUT2D eigenvalue weighted by Crippen LogP contribution is 2.42. The number of esters is 1. The van der Waals surface area contributed by atoms with E-state index in [1.165, 1.54) is 6.07 Å². The number of benzene rings is 2. The molecule has 0 aromatic heterocycles. The van der Waals surface area contributed by atoms with E-state index in [2.05, 4.69) is 10.6 Å². The summed E-state index contributed by atoms with van der Waals surface area (Å²) in [4.78, 5) is 25.3. The van der Waals surface area contributed by atoms with Gasteiger partial charge in [-0.3, -0.25) is 4.79 Å². The molecule has 32 heavy (non-hydrogen) atoms. The molecule has 0 fully saturated rings. The summed E-state index contributed by atoms with van der Waals surface area (Å²) in [5.41, 5.74) is 0.679. The van der Waals surface area contributed by atoms with E-state index >= 15 is 0 Å². The van der Waals surface area contributed by atoms with Gasteiger partial charge in [0.2, 0.25) is 0 Å². The van der Waals surface area contributed by atoms with E-state index in [4.69, 9.17) is 32.7 Å². The van der Waals surface area contributed by atoms with Crippen molar-refractivity contribution in [2.75, 3.05) is 26.8 Å². The van der Waals surface area contributed by atoms with Crippen molar-refractivity contribution in [1.29, 1.82) is 0 Å². The molecule has 0 aliphatic carbocycles. The minimum atomic E-state index is -0.954. The molecule has 174 valence electrons. The van der Waals surface area contributed by atoms with Crippen molar-refractivity contribution < 1.29 is 24.2 Å². The van der Waals surface area contributed by atoms with Crippen LogP contribution < -0.4 is 15.4 Å². The van der Waals surface area contributed by atoms with Crippen molar-refractivity contribution in [2.24, 2.45) is 0 Å². The molecule has 2 aromatic rings. The summed E-state index contributed by atoms with van der Waals surface area (Å²) in [5.74, 6) is -1.65. The number of nitrogens with one attached hydrogen (secondary N) is 2. The molecule has 7 nitrogen and oxygen atoms in total. The predicted octanol–water partition coefficient (Wildman–Crippen LogP) is 3.98. The quantitative estimate of drug-likeness (QED) is 0.312. The van der Waals surface area contributed by atoms with Crippen LogP contribution in [0.3, 0.4) is 0 Å². The molecular formula is C23H28Cl2N2O5. The number of aromatic hydroxyl groups is 1. The Balaban J connectivity index is 2.17. The highest BCUT2D eigenvalue weighted by molar-refractivity contribution is 6.39. The van der Waals surface area contributed by atoms with Crippen molar-refractivity contribution in [2.45, 2.75) is 32.2 Å². The summed E-state index contributed by atoms with van der Waals surface area (Å²) in [6.07, 6.45) is 1.88. The standard InChI is InChI=1S/C23H28Cl2N2O5/c1-3-31-23(30)18(13-15-9-5-4-6-10-15)27-22(29)16-14-17(24)21(19(25)20(16)28)32-12-8-7-11-26-2/h4-6,9-10,14,18,26,28H,3,7-8,11-13H2,1-2H3,(H,27,29)/t18-/m1/s1. The molecule has 2 aromatic carbocycles. The number of carbonyl (C=O) groups excluding carboxylic acids is 2. The Morgan fingerprint density at radius 2 is 1.88 bits per heavy atom. The van der Waals surface area contributed by atoms with Crippen molar-refractivity contribution in [3.05, 3.63) is 57.6 Å². The molecule has 0 aliphatic heterocycles. The lowest BCUT2D eigenvalue weighted by molar-refractivity contribution is -0.145. The van der Waals surface area contributed by atoms with Crippen LogP contribution in [0.15, 0.2) is 36.4 Å². The molecule has 0 bridgehead atoms. The number of halogens is 2. The summed E-state index contributed by atoms with van der Waals surface area (Å²) >= 11 is 12.5. The molecule has 0 spiro atoms. The summed E-state index contributed by atoms with van der Waals surface area (Å²) in [5, 5.41) is 16.1. The number of ether oxygens (including phenoxy) is 2. The third kappa shape index (κ3) is 7.29. The summed E-state index contributed by atoms with van der Waals surface area (Å²) in [7, 11) is 1.86. The Kier molecular flexibility index (Phi) is 10.6. The molecule has 0 saturated carbocycles. The zero-order valence-corrected chi connectivity index (χ0v) is 19.6. The van der Waals surface area contributed by atoms with Crippen molar-refractivity contribution in [1.82, 2.24) is 10.6 Å². The van der Waals surface area contributed by atoms with Gasteiger partial charge < -0.3 is 25.2 Å². The fourth-order valence-corrected chi connectivity index (χ4v) is 3.56. The van der Waals surface area contributed by atoms with Crippen LogP contribution in [0, 0.1) is 0 Å². The first-order valence-electron chi connectivity index (χ1n) is 10.4. The van der Waals surface area contributed by atoms with Crippen LogP contribution in [0.25, 0.3) is 0 Å². The number of carbonyl (C=O) groups is 2. The van der Waals surface area contributed by atoms with Crippen molar-refractivity contribution in [3.8, 4) is 11.5 Å². The van der Waals surface area contributed by atoms with Crippen molar-refractivity contribution in [3.63, 3.8) is 0 Å². The average molecular weight is 483 g/mol. The minimum Gasteiger partial charge on any atom is -0.505 e.